The van der Waals surface area contributed by atoms with Gasteiger partial charge in [0.25, 0.3) is 0 Å². The highest BCUT2D eigenvalue weighted by atomic mass is 79.9. The van der Waals surface area contributed by atoms with Gasteiger partial charge in [-0.25, -0.2) is 4.79 Å². The fourth-order valence-corrected chi connectivity index (χ4v) is 1.72. The maximum Gasteiger partial charge on any atom is 0.360 e. The van der Waals surface area contributed by atoms with Crippen LogP contribution in [0.25, 0.3) is 5.69 Å². The number of aromatic nitrogens is 3. The van der Waals surface area contributed by atoms with Crippen molar-refractivity contribution in [3.8, 4) is 5.69 Å². The Kier molecular flexibility index (Phi) is 3.76. The predicted molar refractivity (Wildman–Crippen MR) is 69.8 cm³/mol. The Balaban J connectivity index is 2.34. The maximum atomic E-state index is 11.6. The van der Waals surface area contributed by atoms with Gasteiger partial charge in [-0.05, 0) is 38.1 Å². The Labute approximate surface area is 113 Å². The van der Waals surface area contributed by atoms with E-state index in [1.807, 2.05) is 24.3 Å². The first-order valence-corrected chi connectivity index (χ1v) is 6.28. The number of halogens is 1. The summed E-state index contributed by atoms with van der Waals surface area (Å²) in [6.07, 6.45) is 0. The van der Waals surface area contributed by atoms with E-state index < -0.39 is 5.97 Å². The van der Waals surface area contributed by atoms with Crippen LogP contribution in [0.1, 0.15) is 23.1 Å². The third-order valence-electron chi connectivity index (χ3n) is 2.31. The molecule has 0 aliphatic carbocycles. The summed E-state index contributed by atoms with van der Waals surface area (Å²) in [7, 11) is 0. The monoisotopic (exact) mass is 309 g/mol. The molecule has 0 aliphatic heterocycles. The number of carbonyl (C=O) groups excluding carboxylic acids is 1. The SMILES string of the molecule is CCOC(=O)c1nn(-c2ccc(Br)cc2)nc1C. The molecule has 1 heterocycles. The minimum atomic E-state index is -0.446. The molecule has 1 aromatic heterocycles. The summed E-state index contributed by atoms with van der Waals surface area (Å²) in [4.78, 5) is 13.0. The number of esters is 1. The van der Waals surface area contributed by atoms with Crippen LogP contribution < -0.4 is 0 Å². The number of ether oxygens (including phenoxy) is 1. The van der Waals surface area contributed by atoms with Gasteiger partial charge in [-0.2, -0.15) is 9.90 Å². The van der Waals surface area contributed by atoms with Gasteiger partial charge in [0.05, 0.1) is 18.0 Å². The Bertz CT molecular complexity index is 563. The average Bonchev–Trinajstić information content (AvgIpc) is 2.72. The number of carbonyl (C=O) groups is 1. The average molecular weight is 310 g/mol. The summed E-state index contributed by atoms with van der Waals surface area (Å²) in [5, 5.41) is 8.35. The molecule has 0 N–H and O–H groups in total. The first-order valence-electron chi connectivity index (χ1n) is 5.49. The van der Waals surface area contributed by atoms with E-state index in [1.54, 1.807) is 13.8 Å². The van der Waals surface area contributed by atoms with Crippen molar-refractivity contribution >= 4 is 21.9 Å². The van der Waals surface area contributed by atoms with Crippen LogP contribution in [-0.4, -0.2) is 27.6 Å². The van der Waals surface area contributed by atoms with Crippen LogP contribution in [0.3, 0.4) is 0 Å². The molecule has 0 atom stereocenters. The van der Waals surface area contributed by atoms with Crippen LogP contribution in [0.2, 0.25) is 0 Å². The molecule has 0 aliphatic rings. The number of hydrogen-bond donors (Lipinski definition) is 0. The molecule has 0 bridgehead atoms. The van der Waals surface area contributed by atoms with Gasteiger partial charge in [-0.15, -0.1) is 5.10 Å². The van der Waals surface area contributed by atoms with E-state index in [0.717, 1.165) is 10.2 Å². The molecule has 6 heteroatoms. The summed E-state index contributed by atoms with van der Waals surface area (Å²) in [5.41, 5.74) is 1.59. The van der Waals surface area contributed by atoms with Gasteiger partial charge >= 0.3 is 5.97 Å². The van der Waals surface area contributed by atoms with Crippen LogP contribution in [0.5, 0.6) is 0 Å². The van der Waals surface area contributed by atoms with Crippen molar-refractivity contribution in [1.29, 1.82) is 0 Å². The third kappa shape index (κ3) is 2.59. The first-order chi connectivity index (χ1) is 8.61. The molecular weight excluding hydrogens is 298 g/mol. The molecular formula is C12H12BrN3O2. The lowest BCUT2D eigenvalue weighted by Crippen LogP contribution is -2.07. The van der Waals surface area contributed by atoms with Gasteiger partial charge in [0.15, 0.2) is 5.69 Å². The van der Waals surface area contributed by atoms with Gasteiger partial charge < -0.3 is 4.74 Å². The van der Waals surface area contributed by atoms with E-state index in [4.69, 9.17) is 4.74 Å². The van der Waals surface area contributed by atoms with Crippen molar-refractivity contribution in [2.24, 2.45) is 0 Å². The van der Waals surface area contributed by atoms with Crippen molar-refractivity contribution in [3.63, 3.8) is 0 Å². The number of rotatable bonds is 3. The van der Waals surface area contributed by atoms with Gasteiger partial charge in [-0.1, -0.05) is 15.9 Å². The second-order valence-electron chi connectivity index (χ2n) is 3.62. The number of nitrogens with zero attached hydrogens (tertiary/aromatic N) is 3. The van der Waals surface area contributed by atoms with Gasteiger partial charge in [-0.3, -0.25) is 0 Å². The molecule has 0 saturated heterocycles. The summed E-state index contributed by atoms with van der Waals surface area (Å²) < 4.78 is 5.89. The lowest BCUT2D eigenvalue weighted by molar-refractivity contribution is 0.0518. The van der Waals surface area contributed by atoms with Gasteiger partial charge in [0.1, 0.15) is 0 Å². The van der Waals surface area contributed by atoms with E-state index in [0.29, 0.717) is 12.3 Å². The van der Waals surface area contributed by atoms with Crippen LogP contribution in [-0.2, 0) is 4.74 Å². The van der Waals surface area contributed by atoms with Crippen LogP contribution in [0.15, 0.2) is 28.7 Å². The van der Waals surface area contributed by atoms with Crippen molar-refractivity contribution < 1.29 is 9.53 Å². The predicted octanol–water partition coefficient (Wildman–Crippen LogP) is 2.51. The number of hydrogen-bond acceptors (Lipinski definition) is 4. The molecule has 0 spiro atoms. The van der Waals surface area contributed by atoms with Crippen LogP contribution in [0.4, 0.5) is 0 Å². The van der Waals surface area contributed by atoms with E-state index in [2.05, 4.69) is 26.1 Å². The summed E-state index contributed by atoms with van der Waals surface area (Å²) >= 11 is 3.36. The zero-order valence-corrected chi connectivity index (χ0v) is 11.6. The molecule has 0 unspecified atom stereocenters. The van der Waals surface area contributed by atoms with E-state index in [9.17, 15) is 4.79 Å². The Morgan fingerprint density at radius 2 is 2.00 bits per heavy atom. The molecule has 0 amide bonds. The number of aryl methyl sites for hydroxylation is 1. The minimum absolute atomic E-state index is 0.250. The molecule has 5 nitrogen and oxygen atoms in total. The standard InChI is InChI=1S/C12H12BrN3O2/c1-3-18-12(17)11-8(2)14-16(15-11)10-6-4-9(13)5-7-10/h4-7H,3H2,1-2H3. The van der Waals surface area contributed by atoms with Gasteiger partial charge in [0.2, 0.25) is 0 Å². The normalized spacial score (nSPS) is 10.4. The molecule has 0 saturated carbocycles. The lowest BCUT2D eigenvalue weighted by Gasteiger charge is -1.99. The highest BCUT2D eigenvalue weighted by Gasteiger charge is 2.17. The lowest BCUT2D eigenvalue weighted by atomic mass is 10.3. The molecule has 1 aromatic carbocycles. The second kappa shape index (κ2) is 5.30. The number of benzene rings is 1. The fourth-order valence-electron chi connectivity index (χ4n) is 1.46. The topological polar surface area (TPSA) is 57.0 Å². The highest BCUT2D eigenvalue weighted by Crippen LogP contribution is 2.14. The Hall–Kier alpha value is -1.69. The molecule has 0 fully saturated rings. The Morgan fingerprint density at radius 1 is 1.33 bits per heavy atom. The van der Waals surface area contributed by atoms with Crippen molar-refractivity contribution in [2.45, 2.75) is 13.8 Å². The van der Waals surface area contributed by atoms with Crippen molar-refractivity contribution in [3.05, 3.63) is 40.1 Å². The van der Waals surface area contributed by atoms with E-state index in [1.165, 1.54) is 4.80 Å². The van der Waals surface area contributed by atoms with Crippen molar-refractivity contribution in [1.82, 2.24) is 15.0 Å². The van der Waals surface area contributed by atoms with E-state index in [-0.39, 0.29) is 5.69 Å². The van der Waals surface area contributed by atoms with Crippen LogP contribution >= 0.6 is 15.9 Å². The minimum Gasteiger partial charge on any atom is -0.461 e. The summed E-state index contributed by atoms with van der Waals surface area (Å²) in [6.45, 7) is 3.81. The van der Waals surface area contributed by atoms with Gasteiger partial charge in [0, 0.05) is 4.47 Å². The molecule has 0 radical (unpaired) electrons. The van der Waals surface area contributed by atoms with E-state index >= 15 is 0 Å². The second-order valence-corrected chi connectivity index (χ2v) is 4.54. The zero-order chi connectivity index (χ0) is 13.1. The largest absolute Gasteiger partial charge is 0.461 e. The molecule has 18 heavy (non-hydrogen) atoms. The highest BCUT2D eigenvalue weighted by molar-refractivity contribution is 9.10. The van der Waals surface area contributed by atoms with Crippen molar-refractivity contribution in [2.75, 3.05) is 6.61 Å². The Morgan fingerprint density at radius 3 is 2.61 bits per heavy atom. The zero-order valence-electron chi connectivity index (χ0n) is 10.1. The smallest absolute Gasteiger partial charge is 0.360 e. The summed E-state index contributed by atoms with van der Waals surface area (Å²) in [6, 6.07) is 7.49. The molecule has 94 valence electrons. The molecule has 2 aromatic rings. The third-order valence-corrected chi connectivity index (χ3v) is 2.84. The maximum absolute atomic E-state index is 11.6. The fraction of sp³-hybridized carbons (Fsp3) is 0.250. The van der Waals surface area contributed by atoms with Crippen LogP contribution in [0, 0.1) is 6.92 Å². The first kappa shape index (κ1) is 12.8. The summed E-state index contributed by atoms with van der Waals surface area (Å²) in [5.74, 6) is -0.446. The quantitative estimate of drug-likeness (QED) is 0.817. The molecule has 2 rings (SSSR count).